The number of carbonyl (C=O) groups excluding carboxylic acids is 2. The van der Waals surface area contributed by atoms with Crippen LogP contribution in [0.3, 0.4) is 0 Å². The molecule has 0 spiro atoms. The maximum Gasteiger partial charge on any atom is 0.274 e. The van der Waals surface area contributed by atoms with Crippen LogP contribution in [0.25, 0.3) is 5.57 Å². The Balaban J connectivity index is 1.66. The predicted molar refractivity (Wildman–Crippen MR) is 196 cm³/mol. The maximum atomic E-state index is 14.3. The molecule has 1 aromatic rings. The van der Waals surface area contributed by atoms with E-state index in [1.54, 1.807) is 52.2 Å². The minimum atomic E-state index is -1.42. The standard InChI is InChI=1S/C40H53N3O8/c1-18-14-13-15-19(2)38(48)41-32-31-30(42-39(9,10)43-31)28-27-25(8)40(11,51-37(27)24(7)35(46)29(28)36(32)47)50-17-16-26(49-12)21(4)20(3)22(5)34(45)23(6)33(18)44/h13-18,20-23,26,33-34,43-46H,8H2,1-7,9-12H3,(H,41,48)/b14-13+,17-16+,19-15-/t18-,20+,21-,22-,23+,26-,33-,34-,40-/m0/s1. The average molecular weight is 704 g/mol. The molecule has 0 saturated heterocycles. The Morgan fingerprint density at radius 1 is 0.902 bits per heavy atom. The first-order valence-corrected chi connectivity index (χ1v) is 17.6. The van der Waals surface area contributed by atoms with Gasteiger partial charge in [-0.3, -0.25) is 14.6 Å². The molecule has 0 fully saturated rings. The quantitative estimate of drug-likeness (QED) is 0.257. The molecular formula is C40H53N3O8. The number of carbonyl (C=O) groups is 2. The van der Waals surface area contributed by atoms with Crippen LogP contribution >= 0.6 is 0 Å². The maximum absolute atomic E-state index is 14.3. The molecule has 1 aromatic carbocycles. The summed E-state index contributed by atoms with van der Waals surface area (Å²) < 4.78 is 18.5. The summed E-state index contributed by atoms with van der Waals surface area (Å²) in [6, 6.07) is 0. The second-order valence-corrected chi connectivity index (χ2v) is 15.3. The molecule has 5 N–H and O–H groups in total. The Morgan fingerprint density at radius 2 is 1.57 bits per heavy atom. The largest absolute Gasteiger partial charge is 0.507 e. The van der Waals surface area contributed by atoms with E-state index in [-0.39, 0.29) is 40.7 Å². The molecule has 0 aromatic heterocycles. The zero-order valence-corrected chi connectivity index (χ0v) is 31.5. The van der Waals surface area contributed by atoms with Gasteiger partial charge in [0.05, 0.1) is 41.5 Å². The van der Waals surface area contributed by atoms with Gasteiger partial charge in [0.15, 0.2) is 0 Å². The normalized spacial score (nSPS) is 36.2. The molecule has 4 heterocycles. The van der Waals surface area contributed by atoms with E-state index in [1.165, 1.54) is 6.26 Å². The van der Waals surface area contributed by atoms with Crippen LogP contribution in [0.5, 0.6) is 11.5 Å². The third-order valence-electron chi connectivity index (χ3n) is 11.3. The van der Waals surface area contributed by atoms with Gasteiger partial charge in [0.1, 0.15) is 22.9 Å². The number of aliphatic imine (C=N–C) groups is 1. The fourth-order valence-corrected chi connectivity index (χ4v) is 7.48. The van der Waals surface area contributed by atoms with E-state index in [0.29, 0.717) is 45.0 Å². The first-order valence-electron chi connectivity index (χ1n) is 17.6. The molecule has 11 nitrogen and oxygen atoms in total. The molecular weight excluding hydrogens is 650 g/mol. The number of hydrogen-bond acceptors (Lipinski definition) is 10. The van der Waals surface area contributed by atoms with Crippen molar-refractivity contribution in [3.63, 3.8) is 0 Å². The van der Waals surface area contributed by atoms with Crippen molar-refractivity contribution in [1.82, 2.24) is 10.6 Å². The molecule has 4 aliphatic heterocycles. The van der Waals surface area contributed by atoms with Gasteiger partial charge in [0.25, 0.3) is 11.7 Å². The number of phenolic OH excluding ortho intramolecular Hbond substituents is 1. The highest BCUT2D eigenvalue weighted by molar-refractivity contribution is 6.32. The summed E-state index contributed by atoms with van der Waals surface area (Å²) in [5, 5.41) is 40.2. The summed E-state index contributed by atoms with van der Waals surface area (Å²) >= 11 is 0. The third-order valence-corrected chi connectivity index (χ3v) is 11.3. The van der Waals surface area contributed by atoms with E-state index in [2.05, 4.69) is 24.1 Å². The number of allylic oxidation sites excluding steroid dienone is 4. The predicted octanol–water partition coefficient (Wildman–Crippen LogP) is 5.44. The van der Waals surface area contributed by atoms with Gasteiger partial charge in [-0.1, -0.05) is 59.4 Å². The second-order valence-electron chi connectivity index (χ2n) is 15.3. The molecule has 276 valence electrons. The van der Waals surface area contributed by atoms with Crippen molar-refractivity contribution in [3.8, 4) is 11.5 Å². The second kappa shape index (κ2) is 13.7. The number of ketones is 1. The van der Waals surface area contributed by atoms with Gasteiger partial charge in [0.2, 0.25) is 5.78 Å². The van der Waals surface area contributed by atoms with Gasteiger partial charge in [-0.2, -0.15) is 0 Å². The number of rotatable bonds is 1. The summed E-state index contributed by atoms with van der Waals surface area (Å²) in [5.41, 5.74) is 1.67. The number of ether oxygens (including phenoxy) is 3. The fourth-order valence-electron chi connectivity index (χ4n) is 7.48. The first-order chi connectivity index (χ1) is 23.8. The van der Waals surface area contributed by atoms with Crippen molar-refractivity contribution in [1.29, 1.82) is 0 Å². The number of nitrogens with one attached hydrogen (secondary N) is 2. The number of nitrogens with zero attached hydrogens (tertiary/aromatic N) is 1. The molecule has 1 amide bonds. The Labute approximate surface area is 300 Å². The number of aliphatic hydroxyl groups is 2. The van der Waals surface area contributed by atoms with Crippen molar-refractivity contribution in [3.05, 3.63) is 76.4 Å². The molecule has 9 atom stereocenters. The number of phenols is 1. The SMILES string of the molecule is C=C1c2c3c(C)c(O)c4c2C2=NC(C)(C)NC2=C(NC(=O)/C(C)=C\C=C\[C@H](C)[C@H](O)[C@@H](C)[C@@H](O)[C@@H](C)[C@H](C)[C@H](C)[C@@H](OC)/C=C/O[C@@]1(C)O3)C4=O. The number of fused-ring (bicyclic) bond motifs is 13. The van der Waals surface area contributed by atoms with Crippen LogP contribution in [0.1, 0.15) is 89.4 Å². The highest BCUT2D eigenvalue weighted by Crippen LogP contribution is 2.53. The summed E-state index contributed by atoms with van der Waals surface area (Å²) in [4.78, 5) is 32.8. The van der Waals surface area contributed by atoms with Crippen LogP contribution in [0.2, 0.25) is 0 Å². The van der Waals surface area contributed by atoms with E-state index >= 15 is 0 Å². The topological polar surface area (TPSA) is 159 Å². The Bertz CT molecular complexity index is 1800. The molecule has 1 aliphatic carbocycles. The van der Waals surface area contributed by atoms with Gasteiger partial charge < -0.3 is 40.2 Å². The monoisotopic (exact) mass is 703 g/mol. The molecule has 5 bridgehead atoms. The Kier molecular flexibility index (Phi) is 10.3. The summed E-state index contributed by atoms with van der Waals surface area (Å²) in [5.74, 6) is -3.57. The molecule has 6 rings (SSSR count). The fraction of sp³-hybridized carbons (Fsp3) is 0.525. The summed E-state index contributed by atoms with van der Waals surface area (Å²) in [6.07, 6.45) is 6.32. The van der Waals surface area contributed by atoms with Crippen molar-refractivity contribution < 1.29 is 39.1 Å². The number of methoxy groups -OCH3 is 1. The van der Waals surface area contributed by atoms with Gasteiger partial charge in [0, 0.05) is 53.7 Å². The van der Waals surface area contributed by atoms with Gasteiger partial charge in [-0.05, 0) is 51.5 Å². The van der Waals surface area contributed by atoms with Crippen molar-refractivity contribution in [2.24, 2.45) is 34.6 Å². The van der Waals surface area contributed by atoms with Gasteiger partial charge in [-0.15, -0.1) is 0 Å². The minimum absolute atomic E-state index is 0.0143. The van der Waals surface area contributed by atoms with Crippen LogP contribution in [0.4, 0.5) is 0 Å². The van der Waals surface area contributed by atoms with Crippen molar-refractivity contribution in [2.75, 3.05) is 7.11 Å². The number of aliphatic hydroxyl groups excluding tert-OH is 2. The highest BCUT2D eigenvalue weighted by Gasteiger charge is 2.50. The van der Waals surface area contributed by atoms with Crippen LogP contribution in [-0.2, 0) is 14.3 Å². The van der Waals surface area contributed by atoms with Crippen molar-refractivity contribution in [2.45, 2.75) is 99.0 Å². The lowest BCUT2D eigenvalue weighted by Gasteiger charge is -2.37. The highest BCUT2D eigenvalue weighted by atomic mass is 16.7. The molecule has 51 heavy (non-hydrogen) atoms. The molecule has 11 heteroatoms. The van der Waals surface area contributed by atoms with Crippen LogP contribution in [-0.4, -0.2) is 69.6 Å². The Hall–Kier alpha value is -4.19. The number of Topliss-reactive ketones (excluding diaryl/α,β-unsaturated/α-hetero) is 1. The minimum Gasteiger partial charge on any atom is -0.507 e. The third kappa shape index (κ3) is 6.56. The van der Waals surface area contributed by atoms with Crippen molar-refractivity contribution >= 4 is 23.0 Å². The molecule has 0 saturated carbocycles. The average Bonchev–Trinajstić information content (AvgIpc) is 3.55. The van der Waals surface area contributed by atoms with Crippen LogP contribution < -0.4 is 15.4 Å². The molecule has 5 aliphatic rings. The van der Waals surface area contributed by atoms with E-state index in [1.807, 2.05) is 41.5 Å². The lowest BCUT2D eigenvalue weighted by atomic mass is 9.74. The zero-order valence-electron chi connectivity index (χ0n) is 31.5. The van der Waals surface area contributed by atoms with Crippen LogP contribution in [0.15, 0.2) is 59.1 Å². The van der Waals surface area contributed by atoms with Crippen LogP contribution in [0, 0.1) is 36.5 Å². The van der Waals surface area contributed by atoms with Gasteiger partial charge in [-0.25, -0.2) is 0 Å². The van der Waals surface area contributed by atoms with E-state index < -0.39 is 47.4 Å². The number of amides is 1. The number of aromatic hydroxyl groups is 1. The lowest BCUT2D eigenvalue weighted by Crippen LogP contribution is -2.41. The zero-order chi connectivity index (χ0) is 37.9. The summed E-state index contributed by atoms with van der Waals surface area (Å²) in [7, 11) is 1.61. The van der Waals surface area contributed by atoms with E-state index in [4.69, 9.17) is 19.2 Å². The van der Waals surface area contributed by atoms with Gasteiger partial charge >= 0.3 is 0 Å². The summed E-state index contributed by atoms with van der Waals surface area (Å²) in [6.45, 7) is 22.8. The Morgan fingerprint density at radius 3 is 2.22 bits per heavy atom. The lowest BCUT2D eigenvalue weighted by molar-refractivity contribution is -0.116. The molecule has 0 radical (unpaired) electrons. The number of benzene rings is 1. The first kappa shape index (κ1) is 38.1. The molecule has 0 unspecified atom stereocenters. The van der Waals surface area contributed by atoms with E-state index in [0.717, 1.165) is 0 Å². The van der Waals surface area contributed by atoms with E-state index in [9.17, 15) is 24.9 Å². The number of hydrogen-bond donors (Lipinski definition) is 5. The smallest absolute Gasteiger partial charge is 0.274 e.